The Balaban J connectivity index is 1.67. The van der Waals surface area contributed by atoms with Crippen LogP contribution in [0.2, 0.25) is 0 Å². The zero-order chi connectivity index (χ0) is 13.0. The molecule has 2 fully saturated rings. The fourth-order valence-electron chi connectivity index (χ4n) is 3.13. The number of amides is 1. The minimum absolute atomic E-state index is 0.353. The van der Waals surface area contributed by atoms with E-state index in [9.17, 15) is 4.79 Å². The standard InChI is InChI=1S/C14H25BrN2O/c1-12-5-2-3-6-16(12)7-4-8-17-11-13(10-15)9-14(17)18/h12-13H,2-11H2,1H3. The minimum Gasteiger partial charge on any atom is -0.342 e. The van der Waals surface area contributed by atoms with Crippen molar-refractivity contribution in [2.45, 2.75) is 45.1 Å². The first kappa shape index (κ1) is 14.3. The minimum atomic E-state index is 0.353. The third-order valence-electron chi connectivity index (χ3n) is 4.33. The highest BCUT2D eigenvalue weighted by molar-refractivity contribution is 9.09. The summed E-state index contributed by atoms with van der Waals surface area (Å²) in [5.41, 5.74) is 0. The van der Waals surface area contributed by atoms with E-state index < -0.39 is 0 Å². The van der Waals surface area contributed by atoms with Crippen molar-refractivity contribution in [3.63, 3.8) is 0 Å². The molecule has 2 atom stereocenters. The third-order valence-corrected chi connectivity index (χ3v) is 5.24. The maximum absolute atomic E-state index is 11.8. The highest BCUT2D eigenvalue weighted by atomic mass is 79.9. The van der Waals surface area contributed by atoms with Crippen LogP contribution in [0.4, 0.5) is 0 Å². The summed E-state index contributed by atoms with van der Waals surface area (Å²) in [5, 5.41) is 0.957. The lowest BCUT2D eigenvalue weighted by molar-refractivity contribution is -0.127. The van der Waals surface area contributed by atoms with Crippen molar-refractivity contribution < 1.29 is 4.79 Å². The average Bonchev–Trinajstić information content (AvgIpc) is 2.73. The first-order chi connectivity index (χ1) is 8.70. The van der Waals surface area contributed by atoms with E-state index in [2.05, 4.69) is 32.7 Å². The summed E-state index contributed by atoms with van der Waals surface area (Å²) in [5.74, 6) is 0.887. The molecule has 4 heteroatoms. The van der Waals surface area contributed by atoms with Gasteiger partial charge in [0, 0.05) is 37.4 Å². The Morgan fingerprint density at radius 2 is 2.17 bits per heavy atom. The van der Waals surface area contributed by atoms with E-state index in [0.717, 1.165) is 43.8 Å². The number of alkyl halides is 1. The van der Waals surface area contributed by atoms with Crippen LogP contribution in [0.25, 0.3) is 0 Å². The largest absolute Gasteiger partial charge is 0.342 e. The van der Waals surface area contributed by atoms with Crippen molar-refractivity contribution in [1.29, 1.82) is 0 Å². The zero-order valence-electron chi connectivity index (χ0n) is 11.4. The van der Waals surface area contributed by atoms with Gasteiger partial charge in [0.05, 0.1) is 0 Å². The molecule has 0 radical (unpaired) electrons. The molecule has 0 aromatic carbocycles. The molecule has 0 saturated carbocycles. The zero-order valence-corrected chi connectivity index (χ0v) is 13.0. The van der Waals surface area contributed by atoms with Gasteiger partial charge in [-0.25, -0.2) is 0 Å². The van der Waals surface area contributed by atoms with Crippen LogP contribution in [0, 0.1) is 5.92 Å². The van der Waals surface area contributed by atoms with Crippen molar-refractivity contribution >= 4 is 21.8 Å². The van der Waals surface area contributed by atoms with E-state index in [1.54, 1.807) is 0 Å². The Morgan fingerprint density at radius 3 is 2.83 bits per heavy atom. The average molecular weight is 317 g/mol. The number of hydrogen-bond donors (Lipinski definition) is 0. The lowest BCUT2D eigenvalue weighted by Gasteiger charge is -2.33. The molecule has 0 aromatic heterocycles. The van der Waals surface area contributed by atoms with Crippen molar-refractivity contribution in [2.24, 2.45) is 5.92 Å². The predicted molar refractivity (Wildman–Crippen MR) is 78.0 cm³/mol. The lowest BCUT2D eigenvalue weighted by atomic mass is 10.0. The molecule has 0 bridgehead atoms. The number of hydrogen-bond acceptors (Lipinski definition) is 2. The molecule has 3 nitrogen and oxygen atoms in total. The molecule has 2 saturated heterocycles. The molecule has 1 amide bonds. The van der Waals surface area contributed by atoms with Gasteiger partial charge in [-0.15, -0.1) is 0 Å². The number of carbonyl (C=O) groups is 1. The molecule has 0 spiro atoms. The molecule has 104 valence electrons. The summed E-state index contributed by atoms with van der Waals surface area (Å²) in [4.78, 5) is 16.4. The van der Waals surface area contributed by atoms with E-state index in [4.69, 9.17) is 0 Å². The number of nitrogens with zero attached hydrogens (tertiary/aromatic N) is 2. The molecule has 2 heterocycles. The summed E-state index contributed by atoms with van der Waals surface area (Å²) in [6.07, 6.45) is 5.94. The van der Waals surface area contributed by atoms with Crippen LogP contribution in [-0.4, -0.2) is 53.3 Å². The summed E-state index contributed by atoms with van der Waals surface area (Å²) in [7, 11) is 0. The van der Waals surface area contributed by atoms with Crippen LogP contribution in [-0.2, 0) is 4.79 Å². The second-order valence-electron chi connectivity index (χ2n) is 5.80. The van der Waals surface area contributed by atoms with Gasteiger partial charge in [-0.3, -0.25) is 4.79 Å². The molecule has 0 aliphatic carbocycles. The number of halogens is 1. The van der Waals surface area contributed by atoms with Crippen LogP contribution in [0.1, 0.15) is 39.0 Å². The molecule has 2 aliphatic rings. The van der Waals surface area contributed by atoms with Gasteiger partial charge < -0.3 is 9.80 Å². The monoisotopic (exact) mass is 316 g/mol. The third kappa shape index (κ3) is 3.70. The predicted octanol–water partition coefficient (Wildman–Crippen LogP) is 2.49. The summed E-state index contributed by atoms with van der Waals surface area (Å²) >= 11 is 3.48. The van der Waals surface area contributed by atoms with Gasteiger partial charge >= 0.3 is 0 Å². The van der Waals surface area contributed by atoms with Crippen LogP contribution >= 0.6 is 15.9 Å². The fourth-order valence-corrected chi connectivity index (χ4v) is 3.56. The number of rotatable bonds is 5. The molecule has 2 unspecified atom stereocenters. The smallest absolute Gasteiger partial charge is 0.222 e. The van der Waals surface area contributed by atoms with Gasteiger partial charge in [-0.1, -0.05) is 22.4 Å². The normalized spacial score (nSPS) is 30.1. The number of carbonyl (C=O) groups excluding carboxylic acids is 1. The summed E-state index contributed by atoms with van der Waals surface area (Å²) < 4.78 is 0. The topological polar surface area (TPSA) is 23.6 Å². The van der Waals surface area contributed by atoms with E-state index in [-0.39, 0.29) is 0 Å². The Labute approximate surface area is 119 Å². The maximum atomic E-state index is 11.8. The first-order valence-corrected chi connectivity index (χ1v) is 8.40. The Morgan fingerprint density at radius 1 is 1.33 bits per heavy atom. The van der Waals surface area contributed by atoms with Crippen molar-refractivity contribution in [3.8, 4) is 0 Å². The lowest BCUT2D eigenvalue weighted by Crippen LogP contribution is -2.39. The van der Waals surface area contributed by atoms with Gasteiger partial charge in [-0.05, 0) is 38.6 Å². The summed E-state index contributed by atoms with van der Waals surface area (Å²) in [6, 6.07) is 0.739. The molecule has 18 heavy (non-hydrogen) atoms. The van der Waals surface area contributed by atoms with Gasteiger partial charge in [-0.2, -0.15) is 0 Å². The van der Waals surface area contributed by atoms with Crippen molar-refractivity contribution in [1.82, 2.24) is 9.80 Å². The molecule has 0 N–H and O–H groups in total. The molecule has 2 rings (SSSR count). The molecular formula is C14H25BrN2O. The highest BCUT2D eigenvalue weighted by Gasteiger charge is 2.28. The quantitative estimate of drug-likeness (QED) is 0.728. The van der Waals surface area contributed by atoms with Gasteiger partial charge in [0.1, 0.15) is 0 Å². The first-order valence-electron chi connectivity index (χ1n) is 7.28. The SMILES string of the molecule is CC1CCCCN1CCCN1CC(CBr)CC1=O. The number of likely N-dealkylation sites (tertiary alicyclic amines) is 2. The van der Waals surface area contributed by atoms with E-state index in [1.165, 1.54) is 25.8 Å². The maximum Gasteiger partial charge on any atom is 0.222 e. The van der Waals surface area contributed by atoms with E-state index in [0.29, 0.717) is 11.8 Å². The van der Waals surface area contributed by atoms with Crippen molar-refractivity contribution in [2.75, 3.05) is 31.5 Å². The second kappa shape index (κ2) is 6.90. The molecule has 2 aliphatic heterocycles. The van der Waals surface area contributed by atoms with Crippen molar-refractivity contribution in [3.05, 3.63) is 0 Å². The molecular weight excluding hydrogens is 292 g/mol. The Hall–Kier alpha value is -0.0900. The second-order valence-corrected chi connectivity index (χ2v) is 6.45. The Bertz CT molecular complexity index is 285. The van der Waals surface area contributed by atoms with Gasteiger partial charge in [0.25, 0.3) is 0 Å². The number of piperidine rings is 1. The van der Waals surface area contributed by atoms with Gasteiger partial charge in [0.15, 0.2) is 0 Å². The van der Waals surface area contributed by atoms with E-state index in [1.807, 2.05) is 0 Å². The van der Waals surface area contributed by atoms with Crippen LogP contribution in [0.3, 0.4) is 0 Å². The van der Waals surface area contributed by atoms with Crippen LogP contribution in [0.15, 0.2) is 0 Å². The molecule has 0 aromatic rings. The Kier molecular flexibility index (Phi) is 5.49. The fraction of sp³-hybridized carbons (Fsp3) is 0.929. The van der Waals surface area contributed by atoms with E-state index >= 15 is 0 Å². The van der Waals surface area contributed by atoms with Crippen LogP contribution in [0.5, 0.6) is 0 Å². The summed E-state index contributed by atoms with van der Waals surface area (Å²) in [6.45, 7) is 6.65. The highest BCUT2D eigenvalue weighted by Crippen LogP contribution is 2.20. The van der Waals surface area contributed by atoms with Crippen LogP contribution < -0.4 is 0 Å². The van der Waals surface area contributed by atoms with Gasteiger partial charge in [0.2, 0.25) is 5.91 Å².